The topological polar surface area (TPSA) is 38.9 Å². The molecule has 0 saturated heterocycles. The standard InChI is InChI=1S/C12H11F3N2S2/c13-12(14,15)10-7(3-4-18-10)11-17-8-2-1-6(16)5-9(8)19-11/h3-4,6H,1-2,5,16H2/t6-/m0/s1. The van der Waals surface area contributed by atoms with Crippen LogP contribution >= 0.6 is 22.7 Å². The molecule has 0 amide bonds. The van der Waals surface area contributed by atoms with Gasteiger partial charge in [0.2, 0.25) is 0 Å². The van der Waals surface area contributed by atoms with Gasteiger partial charge in [-0.15, -0.1) is 22.7 Å². The summed E-state index contributed by atoms with van der Waals surface area (Å²) in [6, 6.07) is 1.60. The van der Waals surface area contributed by atoms with Crippen molar-refractivity contribution in [3.05, 3.63) is 26.9 Å². The molecule has 2 N–H and O–H groups in total. The Morgan fingerprint density at radius 1 is 1.37 bits per heavy atom. The predicted octanol–water partition coefficient (Wildman–Crippen LogP) is 3.71. The number of fused-ring (bicyclic) bond motifs is 1. The summed E-state index contributed by atoms with van der Waals surface area (Å²) in [5, 5.41) is 1.93. The second kappa shape index (κ2) is 4.57. The molecule has 0 bridgehead atoms. The van der Waals surface area contributed by atoms with Crippen LogP contribution in [-0.2, 0) is 19.0 Å². The van der Waals surface area contributed by atoms with Crippen molar-refractivity contribution in [2.45, 2.75) is 31.5 Å². The van der Waals surface area contributed by atoms with Gasteiger partial charge >= 0.3 is 6.18 Å². The molecular formula is C12H11F3N2S2. The normalized spacial score (nSPS) is 19.5. The summed E-state index contributed by atoms with van der Waals surface area (Å²) in [6.45, 7) is 0. The highest BCUT2D eigenvalue weighted by atomic mass is 32.1. The third-order valence-corrected chi connectivity index (χ3v) is 5.24. The lowest BCUT2D eigenvalue weighted by atomic mass is 9.99. The fourth-order valence-corrected chi connectivity index (χ4v) is 4.28. The molecule has 2 aromatic rings. The van der Waals surface area contributed by atoms with E-state index in [0.29, 0.717) is 16.3 Å². The van der Waals surface area contributed by atoms with Crippen molar-refractivity contribution in [3.63, 3.8) is 0 Å². The van der Waals surface area contributed by atoms with Crippen LogP contribution in [0.3, 0.4) is 0 Å². The molecule has 1 aliphatic carbocycles. The summed E-state index contributed by atoms with van der Waals surface area (Å²) in [7, 11) is 0. The van der Waals surface area contributed by atoms with E-state index in [0.717, 1.165) is 29.8 Å². The largest absolute Gasteiger partial charge is 0.426 e. The average Bonchev–Trinajstić information content (AvgIpc) is 2.92. The lowest BCUT2D eigenvalue weighted by Gasteiger charge is -2.15. The van der Waals surface area contributed by atoms with Gasteiger partial charge in [0.25, 0.3) is 0 Å². The number of rotatable bonds is 1. The number of thiophene rings is 1. The summed E-state index contributed by atoms with van der Waals surface area (Å²) in [5.41, 5.74) is 6.99. The monoisotopic (exact) mass is 304 g/mol. The van der Waals surface area contributed by atoms with Crippen LogP contribution in [0.25, 0.3) is 10.6 Å². The zero-order valence-electron chi connectivity index (χ0n) is 9.83. The van der Waals surface area contributed by atoms with Crippen molar-refractivity contribution in [3.8, 4) is 10.6 Å². The number of thiazole rings is 1. The SMILES string of the molecule is N[C@H]1CCc2nc(-c3ccsc3C(F)(F)F)sc2C1. The van der Waals surface area contributed by atoms with Crippen LogP contribution < -0.4 is 5.73 Å². The molecule has 1 aliphatic rings. The molecular weight excluding hydrogens is 293 g/mol. The Kier molecular flexibility index (Phi) is 3.15. The molecule has 2 heterocycles. The number of nitrogens with zero attached hydrogens (tertiary/aromatic N) is 1. The van der Waals surface area contributed by atoms with Gasteiger partial charge in [-0.1, -0.05) is 0 Å². The van der Waals surface area contributed by atoms with Gasteiger partial charge in [-0.2, -0.15) is 13.2 Å². The molecule has 102 valence electrons. The van der Waals surface area contributed by atoms with Gasteiger partial charge in [0, 0.05) is 16.5 Å². The van der Waals surface area contributed by atoms with Crippen LogP contribution in [0.2, 0.25) is 0 Å². The van der Waals surface area contributed by atoms with E-state index in [1.54, 1.807) is 0 Å². The molecule has 7 heteroatoms. The van der Waals surface area contributed by atoms with Gasteiger partial charge in [0.1, 0.15) is 9.88 Å². The smallest absolute Gasteiger partial charge is 0.327 e. The number of aryl methyl sites for hydroxylation is 1. The zero-order valence-corrected chi connectivity index (χ0v) is 11.5. The van der Waals surface area contributed by atoms with Crippen molar-refractivity contribution in [1.29, 1.82) is 0 Å². The number of halogens is 3. The summed E-state index contributed by atoms with van der Waals surface area (Å²) in [5.74, 6) is 0. The van der Waals surface area contributed by atoms with E-state index in [9.17, 15) is 13.2 Å². The third-order valence-electron chi connectivity index (χ3n) is 3.13. The first kappa shape index (κ1) is 13.1. The molecule has 0 unspecified atom stereocenters. The summed E-state index contributed by atoms with van der Waals surface area (Å²) in [6.07, 6.45) is -1.98. The number of aromatic nitrogens is 1. The van der Waals surface area contributed by atoms with Crippen LogP contribution in [0.4, 0.5) is 13.2 Å². The van der Waals surface area contributed by atoms with Crippen LogP contribution in [0.1, 0.15) is 21.9 Å². The second-order valence-electron chi connectivity index (χ2n) is 4.55. The molecule has 0 spiro atoms. The van der Waals surface area contributed by atoms with Gasteiger partial charge in [-0.3, -0.25) is 0 Å². The van der Waals surface area contributed by atoms with Crippen LogP contribution in [0.15, 0.2) is 11.4 Å². The molecule has 2 aromatic heterocycles. The molecule has 19 heavy (non-hydrogen) atoms. The fourth-order valence-electron chi connectivity index (χ4n) is 2.21. The number of nitrogens with two attached hydrogens (primary N) is 1. The molecule has 0 saturated carbocycles. The van der Waals surface area contributed by atoms with Gasteiger partial charge in [-0.05, 0) is 30.7 Å². The van der Waals surface area contributed by atoms with E-state index in [1.165, 1.54) is 22.8 Å². The first-order valence-corrected chi connectivity index (χ1v) is 7.54. The van der Waals surface area contributed by atoms with Crippen molar-refractivity contribution < 1.29 is 13.2 Å². The maximum absolute atomic E-state index is 12.9. The quantitative estimate of drug-likeness (QED) is 0.872. The van der Waals surface area contributed by atoms with E-state index in [1.807, 2.05) is 0 Å². The molecule has 0 fully saturated rings. The Balaban J connectivity index is 2.02. The molecule has 2 nitrogen and oxygen atoms in total. The average molecular weight is 304 g/mol. The number of hydrogen-bond acceptors (Lipinski definition) is 4. The molecule has 1 atom stereocenters. The highest BCUT2D eigenvalue weighted by Crippen LogP contribution is 2.43. The lowest BCUT2D eigenvalue weighted by Crippen LogP contribution is -2.26. The van der Waals surface area contributed by atoms with Gasteiger partial charge in [0.15, 0.2) is 0 Å². The zero-order chi connectivity index (χ0) is 13.6. The summed E-state index contributed by atoms with van der Waals surface area (Å²) in [4.78, 5) is 4.84. The van der Waals surface area contributed by atoms with E-state index >= 15 is 0 Å². The van der Waals surface area contributed by atoms with Gasteiger partial charge < -0.3 is 5.73 Å². The number of alkyl halides is 3. The first-order chi connectivity index (χ1) is 8.95. The molecule has 0 radical (unpaired) electrons. The van der Waals surface area contributed by atoms with Crippen molar-refractivity contribution in [2.24, 2.45) is 5.73 Å². The Morgan fingerprint density at radius 3 is 2.89 bits per heavy atom. The highest BCUT2D eigenvalue weighted by Gasteiger charge is 2.36. The minimum absolute atomic E-state index is 0.102. The van der Waals surface area contributed by atoms with E-state index in [4.69, 9.17) is 5.73 Å². The lowest BCUT2D eigenvalue weighted by molar-refractivity contribution is -0.133. The van der Waals surface area contributed by atoms with Crippen LogP contribution in [0, 0.1) is 0 Å². The number of hydrogen-bond donors (Lipinski definition) is 1. The minimum atomic E-state index is -4.31. The van der Waals surface area contributed by atoms with Crippen molar-refractivity contribution in [2.75, 3.05) is 0 Å². The third kappa shape index (κ3) is 2.42. The maximum atomic E-state index is 12.9. The minimum Gasteiger partial charge on any atom is -0.327 e. The molecule has 0 aromatic carbocycles. The summed E-state index contributed by atoms with van der Waals surface area (Å²) < 4.78 is 38.6. The van der Waals surface area contributed by atoms with Gasteiger partial charge in [-0.25, -0.2) is 4.98 Å². The van der Waals surface area contributed by atoms with Crippen LogP contribution in [-0.4, -0.2) is 11.0 Å². The molecule has 3 rings (SSSR count). The Morgan fingerprint density at radius 2 is 2.16 bits per heavy atom. The Labute approximate surface area is 116 Å². The van der Waals surface area contributed by atoms with E-state index in [2.05, 4.69) is 4.98 Å². The summed E-state index contributed by atoms with van der Waals surface area (Å²) >= 11 is 2.06. The van der Waals surface area contributed by atoms with Gasteiger partial charge in [0.05, 0.1) is 5.69 Å². The van der Waals surface area contributed by atoms with Crippen molar-refractivity contribution in [1.82, 2.24) is 4.98 Å². The van der Waals surface area contributed by atoms with Crippen molar-refractivity contribution >= 4 is 22.7 Å². The maximum Gasteiger partial charge on any atom is 0.426 e. The predicted molar refractivity (Wildman–Crippen MR) is 70.4 cm³/mol. The highest BCUT2D eigenvalue weighted by molar-refractivity contribution is 7.16. The molecule has 0 aliphatic heterocycles. The fraction of sp³-hybridized carbons (Fsp3) is 0.417. The Hall–Kier alpha value is -0.920. The van der Waals surface area contributed by atoms with Crippen LogP contribution in [0.5, 0.6) is 0 Å². The van der Waals surface area contributed by atoms with E-state index < -0.39 is 11.1 Å². The van der Waals surface area contributed by atoms with E-state index in [-0.39, 0.29) is 11.6 Å². The Bertz CT molecular complexity index is 600. The second-order valence-corrected chi connectivity index (χ2v) is 6.55. The first-order valence-electron chi connectivity index (χ1n) is 5.84.